The molecular weight excluding hydrogens is 343 g/mol. The number of rotatable bonds is 5. The first-order valence-electron chi connectivity index (χ1n) is 6.70. The second kappa shape index (κ2) is 7.35. The van der Waals surface area contributed by atoms with Gasteiger partial charge in [-0.25, -0.2) is 0 Å². The van der Waals surface area contributed by atoms with Crippen molar-refractivity contribution in [2.75, 3.05) is 5.32 Å². The quantitative estimate of drug-likeness (QED) is 0.810. The van der Waals surface area contributed by atoms with E-state index >= 15 is 0 Å². The Bertz CT molecular complexity index is 675. The molecule has 0 unspecified atom stereocenters. The fourth-order valence-electron chi connectivity index (χ4n) is 1.71. The highest BCUT2D eigenvalue weighted by Gasteiger charge is 2.19. The van der Waals surface area contributed by atoms with E-state index < -0.39 is 0 Å². The highest BCUT2D eigenvalue weighted by molar-refractivity contribution is 8.00. The van der Waals surface area contributed by atoms with Crippen LogP contribution in [0.25, 0.3) is 0 Å². The Kier molecular flexibility index (Phi) is 5.72. The van der Waals surface area contributed by atoms with Crippen LogP contribution in [0.2, 0.25) is 10.0 Å². The summed E-state index contributed by atoms with van der Waals surface area (Å²) in [7, 11) is 0. The lowest BCUT2D eigenvalue weighted by atomic mass is 10.3. The normalized spacial score (nSPS) is 12.5. The molecule has 0 bridgehead atoms. The minimum atomic E-state index is -0.350. The summed E-state index contributed by atoms with van der Waals surface area (Å²) in [4.78, 5) is 12.3. The van der Waals surface area contributed by atoms with Crippen LogP contribution in [0.1, 0.15) is 26.8 Å². The molecule has 5 nitrogen and oxygen atoms in total. The van der Waals surface area contributed by atoms with E-state index in [1.54, 1.807) is 31.5 Å². The fraction of sp³-hybridized carbons (Fsp3) is 0.357. The highest BCUT2D eigenvalue weighted by Crippen LogP contribution is 2.28. The minimum absolute atomic E-state index is 0.174. The molecule has 0 aliphatic rings. The number of carbonyl (C=O) groups excluding carboxylic acids is 1. The molecule has 8 heteroatoms. The number of carbonyl (C=O) groups is 1. The zero-order chi connectivity index (χ0) is 16.3. The standard InChI is InChI=1S/C14H16Cl2N4OS/c1-8(2)20-7-17-19-14(20)22-9(3)13(21)18-12-6-10(15)4-5-11(12)16/h4-9H,1-3H3,(H,18,21)/t9-/m0/s1. The predicted molar refractivity (Wildman–Crippen MR) is 90.8 cm³/mol. The summed E-state index contributed by atoms with van der Waals surface area (Å²) in [5, 5.41) is 12.0. The lowest BCUT2D eigenvalue weighted by Gasteiger charge is -2.14. The molecule has 118 valence electrons. The zero-order valence-electron chi connectivity index (χ0n) is 12.4. The van der Waals surface area contributed by atoms with E-state index in [2.05, 4.69) is 15.5 Å². The van der Waals surface area contributed by atoms with Gasteiger partial charge in [-0.05, 0) is 39.0 Å². The number of amides is 1. The molecule has 1 amide bonds. The topological polar surface area (TPSA) is 59.8 Å². The smallest absolute Gasteiger partial charge is 0.237 e. The van der Waals surface area contributed by atoms with E-state index in [1.807, 2.05) is 18.4 Å². The molecule has 1 N–H and O–H groups in total. The molecule has 0 saturated heterocycles. The molecule has 1 aromatic carbocycles. The van der Waals surface area contributed by atoms with Gasteiger partial charge in [-0.1, -0.05) is 35.0 Å². The van der Waals surface area contributed by atoms with Gasteiger partial charge in [0.1, 0.15) is 6.33 Å². The van der Waals surface area contributed by atoms with Gasteiger partial charge in [0.25, 0.3) is 0 Å². The van der Waals surface area contributed by atoms with Crippen LogP contribution in [0, 0.1) is 0 Å². The van der Waals surface area contributed by atoms with Gasteiger partial charge >= 0.3 is 0 Å². The van der Waals surface area contributed by atoms with Crippen molar-refractivity contribution < 1.29 is 4.79 Å². The predicted octanol–water partition coefficient (Wildman–Crippen LogP) is 4.29. The number of nitrogens with one attached hydrogen (secondary N) is 1. The summed E-state index contributed by atoms with van der Waals surface area (Å²) in [5.74, 6) is -0.174. The largest absolute Gasteiger partial charge is 0.324 e. The lowest BCUT2D eigenvalue weighted by Crippen LogP contribution is -2.23. The second-order valence-corrected chi connectivity index (χ2v) is 7.14. The van der Waals surface area contributed by atoms with Crippen LogP contribution in [0.5, 0.6) is 0 Å². The van der Waals surface area contributed by atoms with Crippen LogP contribution in [0.4, 0.5) is 5.69 Å². The van der Waals surface area contributed by atoms with Gasteiger partial charge in [0.2, 0.25) is 5.91 Å². The summed E-state index contributed by atoms with van der Waals surface area (Å²) in [6, 6.07) is 5.17. The van der Waals surface area contributed by atoms with Gasteiger partial charge in [-0.3, -0.25) is 4.79 Å². The van der Waals surface area contributed by atoms with Gasteiger partial charge in [-0.2, -0.15) is 0 Å². The van der Waals surface area contributed by atoms with Crippen molar-refractivity contribution in [3.63, 3.8) is 0 Å². The number of nitrogens with zero attached hydrogens (tertiary/aromatic N) is 3. The number of hydrogen-bond donors (Lipinski definition) is 1. The summed E-state index contributed by atoms with van der Waals surface area (Å²) in [5.41, 5.74) is 0.497. The Hall–Kier alpha value is -1.24. The van der Waals surface area contributed by atoms with Crippen LogP contribution in [0.3, 0.4) is 0 Å². The molecule has 1 heterocycles. The van der Waals surface area contributed by atoms with Crippen molar-refractivity contribution in [3.05, 3.63) is 34.6 Å². The summed E-state index contributed by atoms with van der Waals surface area (Å²) >= 11 is 13.3. The maximum Gasteiger partial charge on any atom is 0.237 e. The number of aromatic nitrogens is 3. The molecule has 2 aromatic rings. The third kappa shape index (κ3) is 4.15. The van der Waals surface area contributed by atoms with E-state index in [-0.39, 0.29) is 17.2 Å². The molecule has 1 aromatic heterocycles. The van der Waals surface area contributed by atoms with E-state index in [9.17, 15) is 4.79 Å². The van der Waals surface area contributed by atoms with E-state index in [0.29, 0.717) is 20.9 Å². The molecule has 0 aliphatic heterocycles. The van der Waals surface area contributed by atoms with Gasteiger partial charge < -0.3 is 9.88 Å². The second-order valence-electron chi connectivity index (χ2n) is 4.99. The van der Waals surface area contributed by atoms with Crippen molar-refractivity contribution >= 4 is 46.6 Å². The maximum atomic E-state index is 12.3. The highest BCUT2D eigenvalue weighted by atomic mass is 35.5. The summed E-state index contributed by atoms with van der Waals surface area (Å²) < 4.78 is 1.92. The Morgan fingerprint density at radius 3 is 2.73 bits per heavy atom. The van der Waals surface area contributed by atoms with E-state index in [1.165, 1.54) is 11.8 Å². The Morgan fingerprint density at radius 2 is 2.05 bits per heavy atom. The van der Waals surface area contributed by atoms with Crippen LogP contribution >= 0.6 is 35.0 Å². The first kappa shape index (κ1) is 17.1. The molecule has 22 heavy (non-hydrogen) atoms. The van der Waals surface area contributed by atoms with Crippen molar-refractivity contribution in [1.29, 1.82) is 0 Å². The van der Waals surface area contributed by atoms with Crippen LogP contribution in [-0.2, 0) is 4.79 Å². The summed E-state index contributed by atoms with van der Waals surface area (Å²) in [6.45, 7) is 5.87. The number of hydrogen-bond acceptors (Lipinski definition) is 4. The average molecular weight is 359 g/mol. The number of halogens is 2. The van der Waals surface area contributed by atoms with Gasteiger partial charge in [-0.15, -0.1) is 10.2 Å². The minimum Gasteiger partial charge on any atom is -0.324 e. The third-order valence-corrected chi connectivity index (χ3v) is 4.57. The molecular formula is C14H16Cl2N4OS. The monoisotopic (exact) mass is 358 g/mol. The number of benzene rings is 1. The summed E-state index contributed by atoms with van der Waals surface area (Å²) in [6.07, 6.45) is 1.66. The van der Waals surface area contributed by atoms with Gasteiger partial charge in [0.15, 0.2) is 5.16 Å². The molecule has 1 atom stereocenters. The van der Waals surface area contributed by atoms with E-state index in [4.69, 9.17) is 23.2 Å². The van der Waals surface area contributed by atoms with Crippen LogP contribution in [-0.4, -0.2) is 25.9 Å². The number of anilines is 1. The van der Waals surface area contributed by atoms with Crippen molar-refractivity contribution in [3.8, 4) is 0 Å². The number of thioether (sulfide) groups is 1. The van der Waals surface area contributed by atoms with Crippen molar-refractivity contribution in [1.82, 2.24) is 14.8 Å². The Morgan fingerprint density at radius 1 is 1.32 bits per heavy atom. The molecule has 0 saturated carbocycles. The molecule has 2 rings (SSSR count). The molecule has 0 radical (unpaired) electrons. The van der Waals surface area contributed by atoms with Crippen molar-refractivity contribution in [2.45, 2.75) is 37.2 Å². The van der Waals surface area contributed by atoms with Crippen LogP contribution < -0.4 is 5.32 Å². The van der Waals surface area contributed by atoms with Crippen LogP contribution in [0.15, 0.2) is 29.7 Å². The first-order valence-corrected chi connectivity index (χ1v) is 8.34. The van der Waals surface area contributed by atoms with Crippen molar-refractivity contribution in [2.24, 2.45) is 0 Å². The molecule has 0 spiro atoms. The van der Waals surface area contributed by atoms with Gasteiger partial charge in [0, 0.05) is 11.1 Å². The zero-order valence-corrected chi connectivity index (χ0v) is 14.7. The maximum absolute atomic E-state index is 12.3. The van der Waals surface area contributed by atoms with E-state index in [0.717, 1.165) is 0 Å². The fourth-order valence-corrected chi connectivity index (χ4v) is 3.00. The first-order chi connectivity index (χ1) is 10.4. The van der Waals surface area contributed by atoms with Gasteiger partial charge in [0.05, 0.1) is 16.0 Å². The SMILES string of the molecule is CC(C)n1cnnc1S[C@@H](C)C(=O)Nc1cc(Cl)ccc1Cl. The Balaban J connectivity index is 2.06. The molecule has 0 fully saturated rings. The average Bonchev–Trinajstić information content (AvgIpc) is 2.91. The third-order valence-electron chi connectivity index (χ3n) is 2.93. The lowest BCUT2D eigenvalue weighted by molar-refractivity contribution is -0.115. The molecule has 0 aliphatic carbocycles. The Labute approximate surface area is 143 Å².